The summed E-state index contributed by atoms with van der Waals surface area (Å²) in [6.45, 7) is 1.60. The maximum atomic E-state index is 13.6. The van der Waals surface area contributed by atoms with Gasteiger partial charge in [-0.2, -0.15) is 0 Å². The summed E-state index contributed by atoms with van der Waals surface area (Å²) in [7, 11) is 1.01. The van der Waals surface area contributed by atoms with Crippen LogP contribution in [0, 0.1) is 17.6 Å². The molecule has 3 amide bonds. The number of aliphatic imine (C=N–C) groups is 1. The number of urea groups is 1. The van der Waals surface area contributed by atoms with E-state index in [1.807, 2.05) is 0 Å². The Kier molecular flexibility index (Phi) is 4.91. The molecule has 128 valence electrons. The van der Waals surface area contributed by atoms with Crippen molar-refractivity contribution in [3.05, 3.63) is 35.4 Å². The highest BCUT2D eigenvalue weighted by Gasteiger charge is 2.46. The van der Waals surface area contributed by atoms with Gasteiger partial charge in [0.05, 0.1) is 13.2 Å². The molecule has 7 nitrogen and oxygen atoms in total. The largest absolute Gasteiger partial charge is 0.481 e. The van der Waals surface area contributed by atoms with Gasteiger partial charge in [0.2, 0.25) is 0 Å². The summed E-state index contributed by atoms with van der Waals surface area (Å²) in [5.74, 6) is -5.11. The van der Waals surface area contributed by atoms with E-state index in [2.05, 4.69) is 9.73 Å². The molecule has 0 aromatic heterocycles. The molecular formula is C15H14F2N2O5. The number of ether oxygens (including phenoxy) is 1. The first-order valence-electron chi connectivity index (χ1n) is 6.98. The summed E-state index contributed by atoms with van der Waals surface area (Å²) < 4.78 is 31.3. The number of hydrogen-bond donors (Lipinski definition) is 1. The Morgan fingerprint density at radius 2 is 2.00 bits per heavy atom. The number of carboxylic acid groups (broad SMARTS) is 1. The minimum absolute atomic E-state index is 0.0300. The van der Waals surface area contributed by atoms with Crippen LogP contribution in [0.15, 0.2) is 23.2 Å². The predicted molar refractivity (Wildman–Crippen MR) is 77.6 cm³/mol. The molecule has 0 fully saturated rings. The van der Waals surface area contributed by atoms with Gasteiger partial charge in [-0.25, -0.2) is 28.3 Å². The number of halogens is 2. The summed E-state index contributed by atoms with van der Waals surface area (Å²) in [4.78, 5) is 39.9. The van der Waals surface area contributed by atoms with Crippen molar-refractivity contribution >= 4 is 23.8 Å². The van der Waals surface area contributed by atoms with E-state index < -0.39 is 41.7 Å². The highest BCUT2D eigenvalue weighted by molar-refractivity contribution is 6.11. The number of rotatable bonds is 3. The molecule has 2 atom stereocenters. The summed E-state index contributed by atoms with van der Waals surface area (Å²) in [6.07, 6.45) is -1.00. The molecule has 1 aliphatic heterocycles. The van der Waals surface area contributed by atoms with Gasteiger partial charge in [0.1, 0.15) is 5.92 Å². The summed E-state index contributed by atoms with van der Waals surface area (Å²) >= 11 is 0. The molecule has 2 unspecified atom stereocenters. The monoisotopic (exact) mass is 340 g/mol. The summed E-state index contributed by atoms with van der Waals surface area (Å²) in [5.41, 5.74) is -0.0247. The second-order valence-electron chi connectivity index (χ2n) is 5.01. The normalized spacial score (nSPS) is 20.6. The number of methoxy groups -OCH3 is 1. The van der Waals surface area contributed by atoms with E-state index in [1.54, 1.807) is 6.92 Å². The molecule has 0 spiro atoms. The third kappa shape index (κ3) is 2.97. The Bertz CT molecular complexity index is 735. The smallest absolute Gasteiger partial charge is 0.418 e. The molecule has 9 heteroatoms. The number of carbonyl (C=O) groups excluding carboxylic acids is 2. The van der Waals surface area contributed by atoms with Crippen molar-refractivity contribution in [1.29, 1.82) is 0 Å². The average molecular weight is 340 g/mol. The maximum absolute atomic E-state index is 13.6. The fraction of sp³-hybridized carbons (Fsp3) is 0.333. The predicted octanol–water partition coefficient (Wildman–Crippen LogP) is 2.76. The van der Waals surface area contributed by atoms with Crippen LogP contribution in [0.5, 0.6) is 0 Å². The molecular weight excluding hydrogens is 326 g/mol. The third-order valence-electron chi connectivity index (χ3n) is 3.68. The SMILES string of the molecule is CCC1=NC(=O)N(C(=O)OC)C(c2ccc(F)c(F)c2)C1C(=O)O. The first-order valence-corrected chi connectivity index (χ1v) is 6.98. The van der Waals surface area contributed by atoms with Crippen LogP contribution < -0.4 is 0 Å². The third-order valence-corrected chi connectivity index (χ3v) is 3.68. The Labute approximate surface area is 135 Å². The summed E-state index contributed by atoms with van der Waals surface area (Å²) in [5, 5.41) is 9.52. The lowest BCUT2D eigenvalue weighted by molar-refractivity contribution is -0.141. The van der Waals surface area contributed by atoms with E-state index in [-0.39, 0.29) is 17.7 Å². The molecule has 24 heavy (non-hydrogen) atoms. The first kappa shape index (κ1) is 17.5. The van der Waals surface area contributed by atoms with Crippen molar-refractivity contribution in [1.82, 2.24) is 4.90 Å². The topological polar surface area (TPSA) is 96.3 Å². The van der Waals surface area contributed by atoms with Crippen molar-refractivity contribution in [2.24, 2.45) is 10.9 Å². The average Bonchev–Trinajstić information content (AvgIpc) is 2.55. The van der Waals surface area contributed by atoms with Gasteiger partial charge in [-0.05, 0) is 24.1 Å². The fourth-order valence-electron chi connectivity index (χ4n) is 2.60. The highest BCUT2D eigenvalue weighted by Crippen LogP contribution is 2.36. The number of imide groups is 1. The van der Waals surface area contributed by atoms with Crippen LogP contribution in [0.1, 0.15) is 24.9 Å². The summed E-state index contributed by atoms with van der Waals surface area (Å²) in [6, 6.07) is 0.232. The van der Waals surface area contributed by atoms with Gasteiger partial charge in [0, 0.05) is 5.71 Å². The van der Waals surface area contributed by atoms with Crippen LogP contribution in [0.4, 0.5) is 18.4 Å². The Hall–Kier alpha value is -2.84. The highest BCUT2D eigenvalue weighted by atomic mass is 19.2. The van der Waals surface area contributed by atoms with E-state index in [0.29, 0.717) is 4.90 Å². The standard InChI is InChI=1S/C15H14F2N2O5/c1-3-10-11(13(20)21)12(7-4-5-8(16)9(17)6-7)19(14(22)18-10)15(23)24-2/h4-6,11-12H,3H2,1-2H3,(H,20,21). The zero-order valence-corrected chi connectivity index (χ0v) is 12.8. The van der Waals surface area contributed by atoms with Gasteiger partial charge in [-0.15, -0.1) is 0 Å². The second-order valence-corrected chi connectivity index (χ2v) is 5.01. The van der Waals surface area contributed by atoms with Gasteiger partial charge >= 0.3 is 18.1 Å². The second kappa shape index (κ2) is 6.73. The van der Waals surface area contributed by atoms with Crippen LogP contribution in [-0.2, 0) is 9.53 Å². The Morgan fingerprint density at radius 1 is 1.33 bits per heavy atom. The minimum atomic E-state index is -1.40. The first-order chi connectivity index (χ1) is 11.3. The lowest BCUT2D eigenvalue weighted by Gasteiger charge is -2.36. The molecule has 0 saturated heterocycles. The quantitative estimate of drug-likeness (QED) is 0.912. The van der Waals surface area contributed by atoms with E-state index in [9.17, 15) is 28.3 Å². The number of hydrogen-bond acceptors (Lipinski definition) is 4. The molecule has 1 aromatic carbocycles. The van der Waals surface area contributed by atoms with Crippen LogP contribution in [0.25, 0.3) is 0 Å². The number of benzene rings is 1. The van der Waals surface area contributed by atoms with Crippen molar-refractivity contribution < 1.29 is 33.0 Å². The molecule has 0 aliphatic carbocycles. The van der Waals surface area contributed by atoms with Crippen molar-refractivity contribution in [3.63, 3.8) is 0 Å². The number of amides is 3. The van der Waals surface area contributed by atoms with Crippen molar-refractivity contribution in [2.45, 2.75) is 19.4 Å². The Balaban J connectivity index is 2.67. The zero-order valence-electron chi connectivity index (χ0n) is 12.8. The fourth-order valence-corrected chi connectivity index (χ4v) is 2.60. The number of nitrogens with zero attached hydrogens (tertiary/aromatic N) is 2. The van der Waals surface area contributed by atoms with Gasteiger partial charge < -0.3 is 9.84 Å². The van der Waals surface area contributed by atoms with Gasteiger partial charge in [0.25, 0.3) is 0 Å². The van der Waals surface area contributed by atoms with Crippen molar-refractivity contribution in [2.75, 3.05) is 7.11 Å². The number of aliphatic carboxylic acids is 1. The van der Waals surface area contributed by atoms with Gasteiger partial charge in [-0.3, -0.25) is 4.79 Å². The molecule has 0 bridgehead atoms. The minimum Gasteiger partial charge on any atom is -0.481 e. The van der Waals surface area contributed by atoms with Crippen molar-refractivity contribution in [3.8, 4) is 0 Å². The lowest BCUT2D eigenvalue weighted by atomic mass is 9.85. The lowest BCUT2D eigenvalue weighted by Crippen LogP contribution is -2.49. The van der Waals surface area contributed by atoms with Crippen LogP contribution in [0.3, 0.4) is 0 Å². The Morgan fingerprint density at radius 3 is 2.50 bits per heavy atom. The molecule has 2 rings (SSSR count). The number of carboxylic acids is 1. The van der Waals surface area contributed by atoms with Crippen LogP contribution >= 0.6 is 0 Å². The van der Waals surface area contributed by atoms with E-state index in [4.69, 9.17) is 0 Å². The maximum Gasteiger partial charge on any atom is 0.418 e. The van der Waals surface area contributed by atoms with E-state index in [1.165, 1.54) is 0 Å². The van der Waals surface area contributed by atoms with Gasteiger partial charge in [-0.1, -0.05) is 13.0 Å². The van der Waals surface area contributed by atoms with Gasteiger partial charge in [0.15, 0.2) is 11.6 Å². The van der Waals surface area contributed by atoms with Crippen LogP contribution in [0.2, 0.25) is 0 Å². The molecule has 1 N–H and O–H groups in total. The van der Waals surface area contributed by atoms with E-state index in [0.717, 1.165) is 25.3 Å². The molecule has 1 aromatic rings. The zero-order chi connectivity index (χ0) is 18.0. The van der Waals surface area contributed by atoms with Crippen LogP contribution in [-0.4, -0.2) is 40.9 Å². The van der Waals surface area contributed by atoms with E-state index >= 15 is 0 Å². The number of carbonyl (C=O) groups is 3. The molecule has 1 heterocycles. The molecule has 0 saturated carbocycles. The molecule has 1 aliphatic rings. The molecule has 0 radical (unpaired) electrons.